The molecule has 13 heavy (non-hydrogen) atoms. The van der Waals surface area contributed by atoms with Crippen LogP contribution in [0.15, 0.2) is 24.3 Å². The summed E-state index contributed by atoms with van der Waals surface area (Å²) in [5.74, 6) is 0. The standard InChI is InChI=1S/C8H7Br2NO2/c9-8(10)5-6-1-3-7(4-2-6)11(12)13/h1-4,8H,5H2. The summed E-state index contributed by atoms with van der Waals surface area (Å²) in [6, 6.07) is 6.54. The predicted octanol–water partition coefficient (Wildman–Crippen LogP) is 3.25. The van der Waals surface area contributed by atoms with Gasteiger partial charge in [0.2, 0.25) is 0 Å². The lowest BCUT2D eigenvalue weighted by molar-refractivity contribution is -0.384. The molecule has 5 heteroatoms. The summed E-state index contributed by atoms with van der Waals surface area (Å²) in [5.41, 5.74) is 1.19. The van der Waals surface area contributed by atoms with Crippen LogP contribution in [0.1, 0.15) is 5.56 Å². The van der Waals surface area contributed by atoms with Crippen LogP contribution in [0.3, 0.4) is 0 Å². The van der Waals surface area contributed by atoms with Gasteiger partial charge in [-0.15, -0.1) is 0 Å². The molecular weight excluding hydrogens is 302 g/mol. The third-order valence-electron chi connectivity index (χ3n) is 1.54. The first-order valence-corrected chi connectivity index (χ1v) is 5.44. The minimum atomic E-state index is -0.399. The molecule has 3 nitrogen and oxygen atoms in total. The highest BCUT2D eigenvalue weighted by Crippen LogP contribution is 2.18. The van der Waals surface area contributed by atoms with Gasteiger partial charge in [-0.1, -0.05) is 44.0 Å². The second-order valence-electron chi connectivity index (χ2n) is 2.52. The van der Waals surface area contributed by atoms with Crippen molar-refractivity contribution in [1.82, 2.24) is 0 Å². The maximum Gasteiger partial charge on any atom is 0.269 e. The van der Waals surface area contributed by atoms with Gasteiger partial charge in [-0.3, -0.25) is 10.1 Å². The van der Waals surface area contributed by atoms with E-state index in [1.54, 1.807) is 12.1 Å². The number of non-ortho nitro benzene ring substituents is 1. The zero-order valence-corrected chi connectivity index (χ0v) is 9.79. The van der Waals surface area contributed by atoms with Crippen molar-refractivity contribution in [3.05, 3.63) is 39.9 Å². The van der Waals surface area contributed by atoms with E-state index in [9.17, 15) is 10.1 Å². The molecule has 0 N–H and O–H groups in total. The van der Waals surface area contributed by atoms with E-state index in [1.807, 2.05) is 0 Å². The summed E-state index contributed by atoms with van der Waals surface area (Å²) in [7, 11) is 0. The molecule has 0 bridgehead atoms. The average molecular weight is 309 g/mol. The lowest BCUT2D eigenvalue weighted by Gasteiger charge is -2.00. The van der Waals surface area contributed by atoms with E-state index in [2.05, 4.69) is 31.9 Å². The first-order valence-electron chi connectivity index (χ1n) is 3.61. The first-order chi connectivity index (χ1) is 6.09. The minimum Gasteiger partial charge on any atom is -0.258 e. The Hall–Kier alpha value is -0.420. The number of benzene rings is 1. The van der Waals surface area contributed by atoms with Gasteiger partial charge in [-0.2, -0.15) is 0 Å². The normalized spacial score (nSPS) is 10.4. The Morgan fingerprint density at radius 1 is 1.31 bits per heavy atom. The summed E-state index contributed by atoms with van der Waals surface area (Å²) in [4.78, 5) is 9.92. The van der Waals surface area contributed by atoms with Gasteiger partial charge in [0, 0.05) is 12.1 Å². The number of rotatable bonds is 3. The molecule has 0 heterocycles. The Labute approximate surface area is 92.5 Å². The molecule has 0 amide bonds. The molecule has 0 saturated heterocycles. The van der Waals surface area contributed by atoms with Crippen molar-refractivity contribution in [3.8, 4) is 0 Å². The van der Waals surface area contributed by atoms with Crippen molar-refractivity contribution >= 4 is 37.5 Å². The van der Waals surface area contributed by atoms with Crippen molar-refractivity contribution in [1.29, 1.82) is 0 Å². The van der Waals surface area contributed by atoms with E-state index in [0.29, 0.717) is 0 Å². The monoisotopic (exact) mass is 307 g/mol. The molecule has 1 rings (SSSR count). The maximum absolute atomic E-state index is 10.3. The molecular formula is C8H7Br2NO2. The average Bonchev–Trinajstić information content (AvgIpc) is 2.04. The second-order valence-corrected chi connectivity index (χ2v) is 5.96. The first kappa shape index (κ1) is 10.7. The molecule has 0 aliphatic heterocycles. The van der Waals surface area contributed by atoms with E-state index in [-0.39, 0.29) is 9.42 Å². The molecule has 1 aromatic rings. The van der Waals surface area contributed by atoms with Crippen molar-refractivity contribution in [2.45, 2.75) is 10.2 Å². The van der Waals surface area contributed by atoms with E-state index >= 15 is 0 Å². The molecule has 0 aromatic heterocycles. The zero-order valence-electron chi connectivity index (χ0n) is 6.61. The number of hydrogen-bond acceptors (Lipinski definition) is 2. The van der Waals surface area contributed by atoms with Crippen molar-refractivity contribution in [3.63, 3.8) is 0 Å². The van der Waals surface area contributed by atoms with E-state index in [1.165, 1.54) is 12.1 Å². The van der Waals surface area contributed by atoms with Gasteiger partial charge in [-0.05, 0) is 12.0 Å². The molecule has 0 fully saturated rings. The molecule has 0 aliphatic carbocycles. The zero-order chi connectivity index (χ0) is 9.84. The highest BCUT2D eigenvalue weighted by Gasteiger charge is 2.05. The van der Waals surface area contributed by atoms with Crippen LogP contribution in [0.2, 0.25) is 0 Å². The highest BCUT2D eigenvalue weighted by atomic mass is 79.9. The van der Waals surface area contributed by atoms with Gasteiger partial charge < -0.3 is 0 Å². The third-order valence-corrected chi connectivity index (χ3v) is 2.18. The molecule has 70 valence electrons. The van der Waals surface area contributed by atoms with Crippen LogP contribution < -0.4 is 0 Å². The summed E-state index contributed by atoms with van der Waals surface area (Å²) in [6.07, 6.45) is 0.804. The third kappa shape index (κ3) is 3.44. The Balaban J connectivity index is 2.75. The maximum atomic E-state index is 10.3. The molecule has 0 aliphatic rings. The van der Waals surface area contributed by atoms with Gasteiger partial charge in [0.05, 0.1) is 8.66 Å². The smallest absolute Gasteiger partial charge is 0.258 e. The molecule has 0 radical (unpaired) electrons. The summed E-state index contributed by atoms with van der Waals surface area (Å²) < 4.78 is 0.210. The van der Waals surface area contributed by atoms with Gasteiger partial charge in [0.1, 0.15) is 0 Å². The number of alkyl halides is 2. The molecule has 0 unspecified atom stereocenters. The fraction of sp³-hybridized carbons (Fsp3) is 0.250. The Kier molecular flexibility index (Phi) is 3.87. The van der Waals surface area contributed by atoms with Crippen LogP contribution >= 0.6 is 31.9 Å². The minimum absolute atomic E-state index is 0.129. The lowest BCUT2D eigenvalue weighted by atomic mass is 10.1. The predicted molar refractivity (Wildman–Crippen MR) is 58.4 cm³/mol. The van der Waals surface area contributed by atoms with Crippen LogP contribution in [-0.4, -0.2) is 8.66 Å². The van der Waals surface area contributed by atoms with Crippen LogP contribution in [0.25, 0.3) is 0 Å². The van der Waals surface area contributed by atoms with Gasteiger partial charge in [-0.25, -0.2) is 0 Å². The second kappa shape index (κ2) is 4.72. The number of hydrogen-bond donors (Lipinski definition) is 0. The Morgan fingerprint density at radius 3 is 2.23 bits per heavy atom. The molecule has 1 aromatic carbocycles. The van der Waals surface area contributed by atoms with Gasteiger partial charge >= 0.3 is 0 Å². The van der Waals surface area contributed by atoms with E-state index < -0.39 is 4.92 Å². The Bertz CT molecular complexity index is 298. The summed E-state index contributed by atoms with van der Waals surface area (Å²) in [6.45, 7) is 0. The number of nitro groups is 1. The summed E-state index contributed by atoms with van der Waals surface area (Å²) >= 11 is 6.68. The summed E-state index contributed by atoms with van der Waals surface area (Å²) in [5, 5.41) is 10.3. The largest absolute Gasteiger partial charge is 0.269 e. The van der Waals surface area contributed by atoms with E-state index in [4.69, 9.17) is 0 Å². The van der Waals surface area contributed by atoms with Crippen molar-refractivity contribution in [2.24, 2.45) is 0 Å². The van der Waals surface area contributed by atoms with Crippen LogP contribution in [-0.2, 0) is 6.42 Å². The lowest BCUT2D eigenvalue weighted by Crippen LogP contribution is -1.93. The number of halogens is 2. The number of nitro benzene ring substituents is 1. The SMILES string of the molecule is O=[N+]([O-])c1ccc(CC(Br)Br)cc1. The van der Waals surface area contributed by atoms with Gasteiger partial charge in [0.15, 0.2) is 0 Å². The van der Waals surface area contributed by atoms with E-state index in [0.717, 1.165) is 12.0 Å². The van der Waals surface area contributed by atoms with Gasteiger partial charge in [0.25, 0.3) is 5.69 Å². The number of nitrogens with zero attached hydrogens (tertiary/aromatic N) is 1. The molecule has 0 atom stereocenters. The van der Waals surface area contributed by atoms with Crippen LogP contribution in [0, 0.1) is 10.1 Å². The fourth-order valence-corrected chi connectivity index (χ4v) is 1.68. The fourth-order valence-electron chi connectivity index (χ4n) is 0.932. The van der Waals surface area contributed by atoms with Crippen molar-refractivity contribution < 1.29 is 4.92 Å². The quantitative estimate of drug-likeness (QED) is 0.489. The highest BCUT2D eigenvalue weighted by molar-refractivity contribution is 9.24. The van der Waals surface area contributed by atoms with Crippen LogP contribution in [0.4, 0.5) is 5.69 Å². The van der Waals surface area contributed by atoms with Crippen molar-refractivity contribution in [2.75, 3.05) is 0 Å². The topological polar surface area (TPSA) is 43.1 Å². The molecule has 0 saturated carbocycles. The molecule has 0 spiro atoms. The Morgan fingerprint density at radius 2 is 1.85 bits per heavy atom. The van der Waals surface area contributed by atoms with Crippen LogP contribution in [0.5, 0.6) is 0 Å².